The topological polar surface area (TPSA) is 12.0 Å². The van der Waals surface area contributed by atoms with E-state index in [1.807, 2.05) is 60.7 Å². The van der Waals surface area contributed by atoms with Gasteiger partial charge in [0.05, 0.1) is 0 Å². The van der Waals surface area contributed by atoms with Crippen LogP contribution < -0.4 is 5.32 Å². The Kier molecular flexibility index (Phi) is 22.4. The summed E-state index contributed by atoms with van der Waals surface area (Å²) in [7, 11) is 0. The van der Waals surface area contributed by atoms with E-state index in [2.05, 4.69) is 197 Å². The third-order valence-electron chi connectivity index (χ3n) is 9.01. The lowest BCUT2D eigenvalue weighted by atomic mass is 9.87. The molecule has 0 bridgehead atoms. The molecular formula is C55H67N. The summed E-state index contributed by atoms with van der Waals surface area (Å²) in [6.07, 6.45) is 28.8. The van der Waals surface area contributed by atoms with E-state index < -0.39 is 0 Å². The molecule has 0 spiro atoms. The molecule has 1 atom stereocenters. The standard InChI is InChI=1S/C49H49N.3C2H6/c1-6-10-13-24-39(40-26-18-27-41(31-40)47(9-4)49(20-8-3)38-22-14-12-15-23-38)32-42-25-16-17-29-48(42)46-34-44(37(5)21-11-7-2)33-45(35-46)43-28-19-30-50-36-43;3*1-2/h6-20,22-35,37,50H,4,21,36H2,1-3,5H3;3*1-2H3/b10-6-,11-7-,20-8-,24-13-,39-32-,49-47-;;;. The summed E-state index contributed by atoms with van der Waals surface area (Å²) in [5, 5.41) is 3.40. The number of rotatable bonds is 13. The molecule has 0 aliphatic carbocycles. The van der Waals surface area contributed by atoms with Crippen molar-refractivity contribution in [2.24, 2.45) is 0 Å². The largest absolute Gasteiger partial charge is 0.387 e. The summed E-state index contributed by atoms with van der Waals surface area (Å²) >= 11 is 0. The smallest absolute Gasteiger partial charge is 0.0401 e. The molecule has 0 amide bonds. The average Bonchev–Trinajstić information content (AvgIpc) is 3.28. The quantitative estimate of drug-likeness (QED) is 0.0817. The van der Waals surface area contributed by atoms with Crippen LogP contribution in [0.5, 0.6) is 0 Å². The highest BCUT2D eigenvalue weighted by molar-refractivity contribution is 6.00. The van der Waals surface area contributed by atoms with Gasteiger partial charge in [0.2, 0.25) is 0 Å². The molecule has 1 aliphatic rings. The van der Waals surface area contributed by atoms with Crippen molar-refractivity contribution in [3.8, 4) is 11.1 Å². The van der Waals surface area contributed by atoms with Crippen molar-refractivity contribution < 1.29 is 0 Å². The fourth-order valence-corrected chi connectivity index (χ4v) is 6.34. The van der Waals surface area contributed by atoms with Crippen LogP contribution in [-0.4, -0.2) is 6.54 Å². The normalized spacial score (nSPS) is 13.5. The first kappa shape index (κ1) is 46.5. The fourth-order valence-electron chi connectivity index (χ4n) is 6.34. The second kappa shape index (κ2) is 27.0. The molecule has 0 saturated heterocycles. The molecule has 0 fully saturated rings. The second-order valence-corrected chi connectivity index (χ2v) is 12.5. The van der Waals surface area contributed by atoms with Crippen molar-refractivity contribution in [1.82, 2.24) is 5.32 Å². The van der Waals surface area contributed by atoms with E-state index in [9.17, 15) is 0 Å². The Labute approximate surface area is 341 Å². The second-order valence-electron chi connectivity index (χ2n) is 12.5. The molecule has 4 aromatic carbocycles. The van der Waals surface area contributed by atoms with E-state index >= 15 is 0 Å². The number of hydrogen-bond donors (Lipinski definition) is 1. The lowest BCUT2D eigenvalue weighted by molar-refractivity contribution is 0.780. The number of hydrogen-bond acceptors (Lipinski definition) is 1. The van der Waals surface area contributed by atoms with Crippen LogP contribution in [0.1, 0.15) is 115 Å². The SMILES string of the molecule is C=C/C(=C(\C=C/C)c1ccccc1)c1cccc(C(/C=C\C=C/C)=C\c2ccccc2-c2cc(C3=CC=CNC3)cc(C(C)C/C=C\C)c2)c1.CC.CC.CC. The maximum absolute atomic E-state index is 4.25. The molecule has 1 heteroatoms. The van der Waals surface area contributed by atoms with Gasteiger partial charge in [0.15, 0.2) is 0 Å². The zero-order valence-electron chi connectivity index (χ0n) is 35.9. The third-order valence-corrected chi connectivity index (χ3v) is 9.01. The Bertz CT molecular complexity index is 2020. The van der Waals surface area contributed by atoms with Gasteiger partial charge in [0, 0.05) is 6.54 Å². The van der Waals surface area contributed by atoms with Gasteiger partial charge in [-0.15, -0.1) is 0 Å². The van der Waals surface area contributed by atoms with Gasteiger partial charge in [-0.25, -0.2) is 0 Å². The maximum Gasteiger partial charge on any atom is 0.0401 e. The van der Waals surface area contributed by atoms with Crippen molar-refractivity contribution in [2.75, 3.05) is 6.54 Å². The maximum atomic E-state index is 4.25. The molecule has 56 heavy (non-hydrogen) atoms. The molecule has 0 radical (unpaired) electrons. The summed E-state index contributed by atoms with van der Waals surface area (Å²) in [6, 6.07) is 35.3. The van der Waals surface area contributed by atoms with Crippen LogP contribution in [0.2, 0.25) is 0 Å². The first-order valence-electron chi connectivity index (χ1n) is 20.7. The highest BCUT2D eigenvalue weighted by atomic mass is 14.8. The molecule has 1 nitrogen and oxygen atoms in total. The van der Waals surface area contributed by atoms with Gasteiger partial charge >= 0.3 is 0 Å². The van der Waals surface area contributed by atoms with Crippen molar-refractivity contribution >= 4 is 28.4 Å². The fraction of sp³-hybridized carbons (Fsp3) is 0.236. The molecule has 1 aliphatic heterocycles. The van der Waals surface area contributed by atoms with Crippen molar-refractivity contribution in [3.05, 3.63) is 210 Å². The van der Waals surface area contributed by atoms with Crippen molar-refractivity contribution in [1.29, 1.82) is 0 Å². The lowest BCUT2D eigenvalue weighted by Crippen LogP contribution is -2.12. The van der Waals surface area contributed by atoms with Crippen molar-refractivity contribution in [2.45, 2.75) is 81.6 Å². The third kappa shape index (κ3) is 13.6. The monoisotopic (exact) mass is 742 g/mol. The van der Waals surface area contributed by atoms with Gasteiger partial charge in [-0.05, 0) is 130 Å². The van der Waals surface area contributed by atoms with Gasteiger partial charge in [0.25, 0.3) is 0 Å². The van der Waals surface area contributed by atoms with Crippen LogP contribution >= 0.6 is 0 Å². The Hall–Kier alpha value is -5.66. The summed E-state index contributed by atoms with van der Waals surface area (Å²) in [6.45, 7) is 25.6. The molecule has 292 valence electrons. The first-order valence-corrected chi connectivity index (χ1v) is 20.7. The molecule has 0 saturated carbocycles. The predicted octanol–water partition coefficient (Wildman–Crippen LogP) is 16.3. The Morgan fingerprint density at radius 2 is 1.36 bits per heavy atom. The number of allylic oxidation sites excluding steroid dienone is 14. The summed E-state index contributed by atoms with van der Waals surface area (Å²) in [5.41, 5.74) is 14.4. The van der Waals surface area contributed by atoms with Gasteiger partial charge in [-0.3, -0.25) is 0 Å². The van der Waals surface area contributed by atoms with Crippen molar-refractivity contribution in [3.63, 3.8) is 0 Å². The minimum absolute atomic E-state index is 0.401. The van der Waals surface area contributed by atoms with Crippen LogP contribution in [0.25, 0.3) is 39.5 Å². The molecule has 1 N–H and O–H groups in total. The average molecular weight is 742 g/mol. The molecule has 1 unspecified atom stereocenters. The summed E-state index contributed by atoms with van der Waals surface area (Å²) in [5.74, 6) is 0.401. The van der Waals surface area contributed by atoms with E-state index in [0.717, 1.165) is 40.8 Å². The van der Waals surface area contributed by atoms with Crippen LogP contribution in [-0.2, 0) is 0 Å². The minimum Gasteiger partial charge on any atom is -0.387 e. The van der Waals surface area contributed by atoms with Gasteiger partial charge in [0.1, 0.15) is 0 Å². The minimum atomic E-state index is 0.401. The lowest BCUT2D eigenvalue weighted by Gasteiger charge is -2.18. The zero-order chi connectivity index (χ0) is 41.1. The highest BCUT2D eigenvalue weighted by Gasteiger charge is 2.14. The van der Waals surface area contributed by atoms with E-state index in [1.54, 1.807) is 0 Å². The molecule has 0 aromatic heterocycles. The van der Waals surface area contributed by atoms with Crippen LogP contribution in [0.4, 0.5) is 0 Å². The van der Waals surface area contributed by atoms with Crippen LogP contribution in [0.3, 0.4) is 0 Å². The zero-order valence-corrected chi connectivity index (χ0v) is 35.9. The van der Waals surface area contributed by atoms with E-state index in [-0.39, 0.29) is 0 Å². The number of dihydropyridines is 1. The van der Waals surface area contributed by atoms with Gasteiger partial charge in [-0.2, -0.15) is 0 Å². The number of benzene rings is 4. The van der Waals surface area contributed by atoms with Crippen LogP contribution in [0.15, 0.2) is 177 Å². The number of nitrogens with one attached hydrogen (secondary N) is 1. The predicted molar refractivity (Wildman–Crippen MR) is 255 cm³/mol. The van der Waals surface area contributed by atoms with E-state index in [1.165, 1.54) is 39.0 Å². The summed E-state index contributed by atoms with van der Waals surface area (Å²) < 4.78 is 0. The van der Waals surface area contributed by atoms with Crippen LogP contribution in [0, 0.1) is 0 Å². The molecular weight excluding hydrogens is 675 g/mol. The molecule has 5 rings (SSSR count). The highest BCUT2D eigenvalue weighted by Crippen LogP contribution is 2.35. The molecule has 4 aromatic rings. The summed E-state index contributed by atoms with van der Waals surface area (Å²) in [4.78, 5) is 0. The first-order chi connectivity index (χ1) is 27.6. The van der Waals surface area contributed by atoms with E-state index in [4.69, 9.17) is 0 Å². The molecule has 1 heterocycles. The van der Waals surface area contributed by atoms with Gasteiger partial charge in [-0.1, -0.05) is 201 Å². The Morgan fingerprint density at radius 1 is 0.679 bits per heavy atom. The van der Waals surface area contributed by atoms with E-state index in [0.29, 0.717) is 5.92 Å². The van der Waals surface area contributed by atoms with Gasteiger partial charge < -0.3 is 5.32 Å². The Morgan fingerprint density at radius 3 is 2.02 bits per heavy atom. The Balaban J connectivity index is 0.00000172.